The first-order valence-electron chi connectivity index (χ1n) is 6.21. The van der Waals surface area contributed by atoms with Crippen LogP contribution in [0.5, 0.6) is 0 Å². The summed E-state index contributed by atoms with van der Waals surface area (Å²) in [6, 6.07) is 8.43. The highest BCUT2D eigenvalue weighted by Crippen LogP contribution is 2.33. The lowest BCUT2D eigenvalue weighted by Gasteiger charge is -2.12. The van der Waals surface area contributed by atoms with Gasteiger partial charge in [0.15, 0.2) is 0 Å². The fourth-order valence-electron chi connectivity index (χ4n) is 2.42. The minimum absolute atomic E-state index is 0.858. The molecule has 88 valence electrons. The zero-order valence-electron chi connectivity index (χ0n) is 9.99. The predicted molar refractivity (Wildman–Crippen MR) is 68.1 cm³/mol. The molecule has 17 heavy (non-hydrogen) atoms. The molecule has 0 aliphatic carbocycles. The molecule has 3 rings (SSSR count). The summed E-state index contributed by atoms with van der Waals surface area (Å²) in [7, 11) is 0. The van der Waals surface area contributed by atoms with Crippen LogP contribution >= 0.6 is 0 Å². The second kappa shape index (κ2) is 4.24. The molecular formula is C14H16N2O. The number of hydrogen-bond donors (Lipinski definition) is 1. The number of nitrogens with zero attached hydrogens (tertiary/aromatic N) is 1. The van der Waals surface area contributed by atoms with E-state index in [1.165, 1.54) is 16.7 Å². The molecule has 0 saturated carbocycles. The zero-order valence-corrected chi connectivity index (χ0v) is 9.99. The Morgan fingerprint density at radius 3 is 3.12 bits per heavy atom. The molecule has 3 heteroatoms. The van der Waals surface area contributed by atoms with E-state index in [0.29, 0.717) is 0 Å². The lowest BCUT2D eigenvalue weighted by Crippen LogP contribution is -2.10. The van der Waals surface area contributed by atoms with Crippen LogP contribution < -0.4 is 5.32 Å². The maximum absolute atomic E-state index is 5.38. The van der Waals surface area contributed by atoms with E-state index in [0.717, 1.165) is 37.4 Å². The summed E-state index contributed by atoms with van der Waals surface area (Å²) in [5.74, 6) is 0.858. The van der Waals surface area contributed by atoms with Crippen molar-refractivity contribution in [2.45, 2.75) is 26.2 Å². The van der Waals surface area contributed by atoms with Gasteiger partial charge in [-0.3, -0.25) is 0 Å². The molecule has 2 aromatic rings. The van der Waals surface area contributed by atoms with E-state index < -0.39 is 0 Å². The van der Waals surface area contributed by atoms with Gasteiger partial charge in [-0.05, 0) is 24.8 Å². The molecule has 2 heterocycles. The van der Waals surface area contributed by atoms with Gasteiger partial charge in [0.25, 0.3) is 0 Å². The van der Waals surface area contributed by atoms with Crippen LogP contribution in [0.1, 0.15) is 24.5 Å². The minimum atomic E-state index is 0.858. The summed E-state index contributed by atoms with van der Waals surface area (Å²) in [4.78, 5) is 0. The van der Waals surface area contributed by atoms with E-state index in [4.69, 9.17) is 4.52 Å². The molecule has 0 atom stereocenters. The molecule has 0 fully saturated rings. The van der Waals surface area contributed by atoms with Crippen molar-refractivity contribution in [1.82, 2.24) is 5.16 Å². The molecule has 1 aromatic heterocycles. The standard InChI is InChI=1S/C14H16N2O/c1-2-10-6-3-4-7-11(10)13-12-8-5-9-15-14(12)17-16-13/h3-4,6-7,15H,2,5,8-9H2,1H3. The lowest BCUT2D eigenvalue weighted by molar-refractivity contribution is 0.431. The third-order valence-corrected chi connectivity index (χ3v) is 3.33. The summed E-state index contributed by atoms with van der Waals surface area (Å²) in [6.07, 6.45) is 3.22. The third kappa shape index (κ3) is 1.71. The molecule has 1 N–H and O–H groups in total. The van der Waals surface area contributed by atoms with E-state index in [1.807, 2.05) is 0 Å². The number of rotatable bonds is 2. The van der Waals surface area contributed by atoms with Gasteiger partial charge < -0.3 is 9.84 Å². The molecule has 1 aliphatic rings. The van der Waals surface area contributed by atoms with Crippen LogP contribution in [0.25, 0.3) is 11.3 Å². The van der Waals surface area contributed by atoms with E-state index in [1.54, 1.807) is 0 Å². The van der Waals surface area contributed by atoms with Gasteiger partial charge >= 0.3 is 0 Å². The first kappa shape index (κ1) is 10.4. The van der Waals surface area contributed by atoms with E-state index in [2.05, 4.69) is 41.7 Å². The first-order valence-corrected chi connectivity index (χ1v) is 6.21. The van der Waals surface area contributed by atoms with Crippen LogP contribution in [0.2, 0.25) is 0 Å². The van der Waals surface area contributed by atoms with Crippen LogP contribution in [0.15, 0.2) is 28.8 Å². The van der Waals surface area contributed by atoms with Gasteiger partial charge in [-0.15, -0.1) is 0 Å². The van der Waals surface area contributed by atoms with Crippen molar-refractivity contribution in [3.8, 4) is 11.3 Å². The molecule has 0 amide bonds. The monoisotopic (exact) mass is 228 g/mol. The van der Waals surface area contributed by atoms with E-state index >= 15 is 0 Å². The van der Waals surface area contributed by atoms with Crippen LogP contribution in [0, 0.1) is 0 Å². The normalized spacial score (nSPS) is 14.2. The third-order valence-electron chi connectivity index (χ3n) is 3.33. The van der Waals surface area contributed by atoms with Crippen molar-refractivity contribution in [2.75, 3.05) is 11.9 Å². The van der Waals surface area contributed by atoms with Crippen molar-refractivity contribution in [1.29, 1.82) is 0 Å². The minimum Gasteiger partial charge on any atom is -0.354 e. The van der Waals surface area contributed by atoms with Gasteiger partial charge in [0.05, 0.1) is 0 Å². The maximum Gasteiger partial charge on any atom is 0.228 e. The second-order valence-corrected chi connectivity index (χ2v) is 4.38. The Labute approximate surface area is 101 Å². The number of fused-ring (bicyclic) bond motifs is 1. The van der Waals surface area contributed by atoms with E-state index in [-0.39, 0.29) is 0 Å². The van der Waals surface area contributed by atoms with Crippen molar-refractivity contribution in [3.63, 3.8) is 0 Å². The quantitative estimate of drug-likeness (QED) is 0.857. The highest BCUT2D eigenvalue weighted by molar-refractivity contribution is 5.71. The van der Waals surface area contributed by atoms with Crippen LogP contribution in [0.3, 0.4) is 0 Å². The molecule has 0 unspecified atom stereocenters. The molecule has 1 aromatic carbocycles. The summed E-state index contributed by atoms with van der Waals surface area (Å²) < 4.78 is 5.38. The maximum atomic E-state index is 5.38. The van der Waals surface area contributed by atoms with Gasteiger partial charge in [0.1, 0.15) is 5.69 Å². The largest absolute Gasteiger partial charge is 0.354 e. The average molecular weight is 228 g/mol. The number of aryl methyl sites for hydroxylation is 1. The Balaban J connectivity index is 2.12. The van der Waals surface area contributed by atoms with Gasteiger partial charge in [-0.2, -0.15) is 0 Å². The van der Waals surface area contributed by atoms with Gasteiger partial charge in [-0.25, -0.2) is 0 Å². The highest BCUT2D eigenvalue weighted by Gasteiger charge is 2.21. The molecule has 3 nitrogen and oxygen atoms in total. The fourth-order valence-corrected chi connectivity index (χ4v) is 2.42. The Morgan fingerprint density at radius 2 is 2.24 bits per heavy atom. The number of anilines is 1. The predicted octanol–water partition coefficient (Wildman–Crippen LogP) is 3.26. The molecule has 0 bridgehead atoms. The average Bonchev–Trinajstić information content (AvgIpc) is 2.82. The topological polar surface area (TPSA) is 38.1 Å². The molecule has 1 aliphatic heterocycles. The Kier molecular flexibility index (Phi) is 2.59. The molecule has 0 radical (unpaired) electrons. The van der Waals surface area contributed by atoms with Crippen molar-refractivity contribution >= 4 is 5.88 Å². The number of nitrogens with one attached hydrogen (secondary N) is 1. The summed E-state index contributed by atoms with van der Waals surface area (Å²) in [5, 5.41) is 7.50. The van der Waals surface area contributed by atoms with Crippen LogP contribution in [-0.2, 0) is 12.8 Å². The van der Waals surface area contributed by atoms with E-state index in [9.17, 15) is 0 Å². The van der Waals surface area contributed by atoms with Gasteiger partial charge in [0.2, 0.25) is 5.88 Å². The van der Waals surface area contributed by atoms with Crippen molar-refractivity contribution in [3.05, 3.63) is 35.4 Å². The highest BCUT2D eigenvalue weighted by atomic mass is 16.5. The summed E-state index contributed by atoms with van der Waals surface area (Å²) in [6.45, 7) is 3.15. The molecular weight excluding hydrogens is 212 g/mol. The first-order chi connectivity index (χ1) is 8.40. The fraction of sp³-hybridized carbons (Fsp3) is 0.357. The number of aromatic nitrogens is 1. The van der Waals surface area contributed by atoms with Crippen molar-refractivity contribution < 1.29 is 4.52 Å². The smallest absolute Gasteiger partial charge is 0.228 e. The second-order valence-electron chi connectivity index (χ2n) is 4.38. The Bertz CT molecular complexity index is 531. The molecule has 0 spiro atoms. The van der Waals surface area contributed by atoms with Crippen LogP contribution in [0.4, 0.5) is 5.88 Å². The Morgan fingerprint density at radius 1 is 1.35 bits per heavy atom. The SMILES string of the molecule is CCc1ccccc1-c1noc2c1CCCN2. The molecule has 0 saturated heterocycles. The van der Waals surface area contributed by atoms with Crippen molar-refractivity contribution in [2.24, 2.45) is 0 Å². The lowest BCUT2D eigenvalue weighted by atomic mass is 9.97. The van der Waals surface area contributed by atoms with Crippen LogP contribution in [-0.4, -0.2) is 11.7 Å². The number of hydrogen-bond acceptors (Lipinski definition) is 3. The van der Waals surface area contributed by atoms with Gasteiger partial charge in [0, 0.05) is 17.7 Å². The zero-order chi connectivity index (χ0) is 11.7. The summed E-state index contributed by atoms with van der Waals surface area (Å²) >= 11 is 0. The van der Waals surface area contributed by atoms with Gasteiger partial charge in [-0.1, -0.05) is 36.3 Å². The summed E-state index contributed by atoms with van der Waals surface area (Å²) in [5.41, 5.74) is 4.79. The Hall–Kier alpha value is -1.77. The number of benzene rings is 1.